The minimum Gasteiger partial charge on any atom is -0.389 e. The number of aliphatic hydroxyl groups excluding tert-OH is 1. The molecule has 8 nitrogen and oxygen atoms in total. The van der Waals surface area contributed by atoms with E-state index in [2.05, 4.69) is 49.2 Å². The zero-order valence-corrected chi connectivity index (χ0v) is 16.3. The Morgan fingerprint density at radius 2 is 1.75 bits per heavy atom. The number of aromatic nitrogens is 3. The highest BCUT2D eigenvalue weighted by Crippen LogP contribution is 2.38. The van der Waals surface area contributed by atoms with Crippen LogP contribution in [0.4, 0.5) is 23.1 Å². The summed E-state index contributed by atoms with van der Waals surface area (Å²) in [6.07, 6.45) is 5.86. The maximum absolute atomic E-state index is 9.69. The molecular weight excluding hydrogens is 354 g/mol. The molecule has 3 aliphatic rings. The molecule has 4 heterocycles. The highest BCUT2D eigenvalue weighted by atomic mass is 16.3. The van der Waals surface area contributed by atoms with Gasteiger partial charge in [0.1, 0.15) is 17.5 Å². The molecule has 0 amide bonds. The van der Waals surface area contributed by atoms with Gasteiger partial charge in [-0.1, -0.05) is 0 Å². The van der Waals surface area contributed by atoms with Crippen molar-refractivity contribution in [3.8, 4) is 0 Å². The maximum atomic E-state index is 9.69. The second-order valence-corrected chi connectivity index (χ2v) is 8.14. The molecule has 8 heteroatoms. The third-order valence-electron chi connectivity index (χ3n) is 5.77. The molecule has 0 aromatic carbocycles. The van der Waals surface area contributed by atoms with Gasteiger partial charge in [0.25, 0.3) is 0 Å². The lowest BCUT2D eigenvalue weighted by Crippen LogP contribution is -2.51. The fourth-order valence-corrected chi connectivity index (χ4v) is 3.74. The lowest BCUT2D eigenvalue weighted by atomic mass is 10.1. The van der Waals surface area contributed by atoms with Crippen molar-refractivity contribution in [1.82, 2.24) is 19.9 Å². The molecule has 148 valence electrons. The SMILES string of the molecule is CN1CCN(c2cc(Nc3cnc(C4CC4)cn3)nc(N3CC(O)C3)c2)CC1. The Kier molecular flexibility index (Phi) is 4.52. The number of aliphatic hydroxyl groups is 1. The normalized spacial score (nSPS) is 20.9. The Morgan fingerprint density at radius 3 is 2.39 bits per heavy atom. The third kappa shape index (κ3) is 3.74. The average Bonchev–Trinajstić information content (AvgIpc) is 3.52. The number of piperazine rings is 1. The molecule has 2 N–H and O–H groups in total. The van der Waals surface area contributed by atoms with Gasteiger partial charge in [-0.05, 0) is 19.9 Å². The Bertz CT molecular complexity index is 825. The van der Waals surface area contributed by atoms with Gasteiger partial charge in [0.2, 0.25) is 0 Å². The Balaban J connectivity index is 1.38. The summed E-state index contributed by atoms with van der Waals surface area (Å²) in [5, 5.41) is 13.0. The number of hydrogen-bond acceptors (Lipinski definition) is 8. The first-order valence-electron chi connectivity index (χ1n) is 10.1. The molecule has 2 aromatic heterocycles. The second kappa shape index (κ2) is 7.18. The molecular formula is C20H27N7O. The first-order chi connectivity index (χ1) is 13.6. The first-order valence-corrected chi connectivity index (χ1v) is 10.1. The van der Waals surface area contributed by atoms with Gasteiger partial charge >= 0.3 is 0 Å². The van der Waals surface area contributed by atoms with Crippen molar-refractivity contribution in [2.75, 3.05) is 61.4 Å². The van der Waals surface area contributed by atoms with Crippen LogP contribution in [0.5, 0.6) is 0 Å². The number of rotatable bonds is 5. The van der Waals surface area contributed by atoms with Crippen LogP contribution in [-0.4, -0.2) is 77.4 Å². The zero-order chi connectivity index (χ0) is 19.1. The molecule has 0 unspecified atom stereocenters. The maximum Gasteiger partial charge on any atom is 0.150 e. The fourth-order valence-electron chi connectivity index (χ4n) is 3.74. The summed E-state index contributed by atoms with van der Waals surface area (Å²) < 4.78 is 0. The first kappa shape index (κ1) is 17.6. The molecule has 0 bridgehead atoms. The minimum absolute atomic E-state index is 0.258. The molecule has 0 radical (unpaired) electrons. The molecule has 0 atom stereocenters. The number of β-amino-alcohol motifs (C(OH)–C–C–N with tert-alkyl or cyclic N) is 1. The third-order valence-corrected chi connectivity index (χ3v) is 5.77. The quantitative estimate of drug-likeness (QED) is 0.805. The molecule has 3 fully saturated rings. The monoisotopic (exact) mass is 381 g/mol. The van der Waals surface area contributed by atoms with Gasteiger partial charge < -0.3 is 25.1 Å². The lowest BCUT2D eigenvalue weighted by molar-refractivity contribution is 0.141. The lowest BCUT2D eigenvalue weighted by Gasteiger charge is -2.38. The van der Waals surface area contributed by atoms with Crippen molar-refractivity contribution in [3.63, 3.8) is 0 Å². The van der Waals surface area contributed by atoms with Gasteiger partial charge in [-0.2, -0.15) is 0 Å². The molecule has 2 aliphatic heterocycles. The van der Waals surface area contributed by atoms with Crippen molar-refractivity contribution in [2.45, 2.75) is 24.9 Å². The Morgan fingerprint density at radius 1 is 0.964 bits per heavy atom. The molecule has 1 aliphatic carbocycles. The van der Waals surface area contributed by atoms with Gasteiger partial charge in [-0.15, -0.1) is 0 Å². The van der Waals surface area contributed by atoms with Crippen LogP contribution in [0.2, 0.25) is 0 Å². The van der Waals surface area contributed by atoms with Crippen LogP contribution >= 0.6 is 0 Å². The molecule has 2 saturated heterocycles. The molecule has 28 heavy (non-hydrogen) atoms. The predicted molar refractivity (Wildman–Crippen MR) is 109 cm³/mol. The summed E-state index contributed by atoms with van der Waals surface area (Å²) in [6.45, 7) is 5.37. The van der Waals surface area contributed by atoms with E-state index in [0.29, 0.717) is 24.8 Å². The summed E-state index contributed by atoms with van der Waals surface area (Å²) in [6, 6.07) is 4.21. The van der Waals surface area contributed by atoms with Crippen molar-refractivity contribution in [3.05, 3.63) is 30.2 Å². The number of nitrogens with zero attached hydrogens (tertiary/aromatic N) is 6. The van der Waals surface area contributed by atoms with E-state index in [1.165, 1.54) is 12.8 Å². The number of pyridine rings is 1. The van der Waals surface area contributed by atoms with Crippen LogP contribution in [0.25, 0.3) is 0 Å². The van der Waals surface area contributed by atoms with Gasteiger partial charge in [0.05, 0.1) is 24.2 Å². The summed E-state index contributed by atoms with van der Waals surface area (Å²) in [4.78, 5) is 20.7. The van der Waals surface area contributed by atoms with E-state index in [1.54, 1.807) is 6.20 Å². The van der Waals surface area contributed by atoms with Crippen LogP contribution < -0.4 is 15.1 Å². The van der Waals surface area contributed by atoms with Crippen LogP contribution in [0.1, 0.15) is 24.5 Å². The van der Waals surface area contributed by atoms with Crippen molar-refractivity contribution >= 4 is 23.1 Å². The molecule has 0 spiro atoms. The van der Waals surface area contributed by atoms with E-state index in [4.69, 9.17) is 4.98 Å². The fraction of sp³-hybridized carbons (Fsp3) is 0.550. The van der Waals surface area contributed by atoms with Crippen LogP contribution in [0, 0.1) is 0 Å². The molecule has 2 aromatic rings. The summed E-state index contributed by atoms with van der Waals surface area (Å²) in [5.41, 5.74) is 2.24. The van der Waals surface area contributed by atoms with E-state index in [9.17, 15) is 5.11 Å². The van der Waals surface area contributed by atoms with E-state index in [0.717, 1.165) is 49.2 Å². The van der Waals surface area contributed by atoms with E-state index >= 15 is 0 Å². The standard InChI is InChI=1S/C20H27N7O/c1-25-4-6-26(7-5-25)15-8-18(24-20(9-15)27-12-16(28)13-27)23-19-11-21-17(10-22-19)14-2-3-14/h8-11,14,16,28H,2-7,12-13H2,1H3,(H,22,23,24). The number of nitrogens with one attached hydrogen (secondary N) is 1. The van der Waals surface area contributed by atoms with E-state index in [1.807, 2.05) is 6.20 Å². The second-order valence-electron chi connectivity index (χ2n) is 8.14. The molecule has 5 rings (SSSR count). The largest absolute Gasteiger partial charge is 0.389 e. The van der Waals surface area contributed by atoms with Gasteiger partial charge in [-0.25, -0.2) is 9.97 Å². The highest BCUT2D eigenvalue weighted by Gasteiger charge is 2.27. The van der Waals surface area contributed by atoms with Gasteiger partial charge in [-0.3, -0.25) is 4.98 Å². The molecule has 1 saturated carbocycles. The Hall–Kier alpha value is -2.45. The van der Waals surface area contributed by atoms with Gasteiger partial charge in [0.15, 0.2) is 0 Å². The van der Waals surface area contributed by atoms with E-state index in [-0.39, 0.29) is 6.10 Å². The Labute approximate surface area is 165 Å². The smallest absolute Gasteiger partial charge is 0.150 e. The van der Waals surface area contributed by atoms with Crippen molar-refractivity contribution in [1.29, 1.82) is 0 Å². The minimum atomic E-state index is -0.258. The highest BCUT2D eigenvalue weighted by molar-refractivity contribution is 5.66. The van der Waals surface area contributed by atoms with E-state index < -0.39 is 0 Å². The van der Waals surface area contributed by atoms with Crippen molar-refractivity contribution in [2.24, 2.45) is 0 Å². The number of hydrogen-bond donors (Lipinski definition) is 2. The van der Waals surface area contributed by atoms with Gasteiger partial charge in [0, 0.05) is 63.0 Å². The summed E-state index contributed by atoms with van der Waals surface area (Å²) >= 11 is 0. The topological polar surface area (TPSA) is 80.7 Å². The number of anilines is 4. The van der Waals surface area contributed by atoms with Crippen LogP contribution in [-0.2, 0) is 0 Å². The zero-order valence-electron chi connectivity index (χ0n) is 16.3. The summed E-state index contributed by atoms with van der Waals surface area (Å²) in [5.74, 6) is 2.97. The predicted octanol–water partition coefficient (Wildman–Crippen LogP) is 1.43. The number of likely N-dealkylation sites (N-methyl/N-ethyl adjacent to an activating group) is 1. The van der Waals surface area contributed by atoms with Crippen molar-refractivity contribution < 1.29 is 5.11 Å². The van der Waals surface area contributed by atoms with Crippen LogP contribution in [0.15, 0.2) is 24.5 Å². The average molecular weight is 381 g/mol. The summed E-state index contributed by atoms with van der Waals surface area (Å²) in [7, 11) is 2.16. The van der Waals surface area contributed by atoms with Crippen LogP contribution in [0.3, 0.4) is 0 Å².